The van der Waals surface area contributed by atoms with Crippen molar-refractivity contribution < 1.29 is 23.5 Å². The van der Waals surface area contributed by atoms with Gasteiger partial charge in [-0.05, 0) is 87.3 Å². The topological polar surface area (TPSA) is 74.9 Å². The van der Waals surface area contributed by atoms with Crippen LogP contribution in [0.2, 0.25) is 0 Å². The van der Waals surface area contributed by atoms with Gasteiger partial charge in [-0.1, -0.05) is 12.2 Å². The van der Waals surface area contributed by atoms with Gasteiger partial charge in [0, 0.05) is 36.8 Å². The van der Waals surface area contributed by atoms with Crippen LogP contribution in [0.4, 0.5) is 14.6 Å². The molecule has 3 aliphatic carbocycles. The SMILES string of the molecule is C=Nc1c(/C=C\C)c2c(n1Cc1cc(F)cc(F)c1)CN(C(=O)CC13CCC(C(=O)O)(CC1)CC3)CC2. The number of carbonyl (C=O) groups is 2. The van der Waals surface area contributed by atoms with Gasteiger partial charge in [0.1, 0.15) is 17.5 Å². The van der Waals surface area contributed by atoms with Gasteiger partial charge in [-0.2, -0.15) is 0 Å². The molecular weight excluding hydrogens is 476 g/mol. The monoisotopic (exact) mass is 509 g/mol. The first kappa shape index (κ1) is 25.4. The number of aromatic nitrogens is 1. The largest absolute Gasteiger partial charge is 0.481 e. The van der Waals surface area contributed by atoms with E-state index in [2.05, 4.69) is 11.7 Å². The summed E-state index contributed by atoms with van der Waals surface area (Å²) in [6.45, 7) is 6.86. The van der Waals surface area contributed by atoms with Crippen molar-refractivity contribution in [2.75, 3.05) is 6.54 Å². The zero-order valence-corrected chi connectivity index (χ0v) is 21.2. The first-order chi connectivity index (χ1) is 17.7. The van der Waals surface area contributed by atoms with Crippen molar-refractivity contribution in [2.45, 2.75) is 71.4 Å². The quantitative estimate of drug-likeness (QED) is 0.474. The first-order valence-electron chi connectivity index (χ1n) is 13.0. The average Bonchev–Trinajstić information content (AvgIpc) is 3.16. The molecule has 0 unspecified atom stereocenters. The van der Waals surface area contributed by atoms with Crippen LogP contribution in [0.25, 0.3) is 6.08 Å². The first-order valence-corrected chi connectivity index (χ1v) is 13.0. The maximum absolute atomic E-state index is 13.9. The van der Waals surface area contributed by atoms with E-state index in [-0.39, 0.29) is 17.9 Å². The molecule has 1 amide bonds. The molecule has 3 saturated carbocycles. The summed E-state index contributed by atoms with van der Waals surface area (Å²) in [5, 5.41) is 9.69. The molecule has 37 heavy (non-hydrogen) atoms. The Bertz CT molecular complexity index is 1250. The summed E-state index contributed by atoms with van der Waals surface area (Å²) < 4.78 is 29.8. The minimum absolute atomic E-state index is 0.0839. The summed E-state index contributed by atoms with van der Waals surface area (Å²) in [6.07, 6.45) is 9.27. The minimum atomic E-state index is -0.696. The molecule has 0 spiro atoms. The summed E-state index contributed by atoms with van der Waals surface area (Å²) in [4.78, 5) is 31.5. The Kier molecular flexibility index (Phi) is 6.54. The molecule has 196 valence electrons. The number of hydrogen-bond acceptors (Lipinski definition) is 3. The molecule has 1 aliphatic heterocycles. The molecule has 2 aromatic rings. The van der Waals surface area contributed by atoms with Crippen molar-refractivity contribution >= 4 is 30.5 Å². The van der Waals surface area contributed by atoms with E-state index in [1.165, 1.54) is 12.1 Å². The standard InChI is InChI=1S/C29H33F2N3O3/c1-3-4-23-22-5-12-33(25(35)16-28-6-9-29(10-7-28,11-8-28)27(36)37)18-24(22)34(26(23)32-2)17-19-13-20(30)15-21(31)14-19/h3-4,13-15H,2,5-12,16-18H2,1H3,(H,36,37)/b4-3-. The molecule has 8 heteroatoms. The van der Waals surface area contributed by atoms with Crippen LogP contribution in [0.1, 0.15) is 74.3 Å². The molecule has 2 bridgehead atoms. The molecule has 6 nitrogen and oxygen atoms in total. The number of carboxylic acid groups (broad SMARTS) is 1. The van der Waals surface area contributed by atoms with Crippen LogP contribution in [-0.4, -0.2) is 39.7 Å². The molecule has 6 rings (SSSR count). The van der Waals surface area contributed by atoms with Gasteiger partial charge in [0.15, 0.2) is 0 Å². The van der Waals surface area contributed by atoms with Gasteiger partial charge in [-0.3, -0.25) is 9.59 Å². The lowest BCUT2D eigenvalue weighted by molar-refractivity contribution is -0.160. The van der Waals surface area contributed by atoms with Crippen LogP contribution >= 0.6 is 0 Å². The highest BCUT2D eigenvalue weighted by atomic mass is 19.1. The number of carboxylic acids is 1. The third-order valence-electron chi connectivity index (χ3n) is 8.95. The van der Waals surface area contributed by atoms with Crippen LogP contribution in [0.5, 0.6) is 0 Å². The van der Waals surface area contributed by atoms with E-state index in [4.69, 9.17) is 0 Å². The summed E-state index contributed by atoms with van der Waals surface area (Å²) in [7, 11) is 0. The van der Waals surface area contributed by atoms with Gasteiger partial charge in [-0.25, -0.2) is 13.8 Å². The highest BCUT2D eigenvalue weighted by Gasteiger charge is 2.53. The summed E-state index contributed by atoms with van der Waals surface area (Å²) in [6, 6.07) is 3.47. The van der Waals surface area contributed by atoms with E-state index < -0.39 is 23.0 Å². The number of nitrogens with zero attached hydrogens (tertiary/aromatic N) is 3. The molecular formula is C29H33F2N3O3. The number of rotatable bonds is 7. The van der Waals surface area contributed by atoms with E-state index in [1.54, 1.807) is 0 Å². The van der Waals surface area contributed by atoms with Crippen molar-refractivity contribution in [1.29, 1.82) is 0 Å². The lowest BCUT2D eigenvalue weighted by Crippen LogP contribution is -2.48. The van der Waals surface area contributed by atoms with E-state index in [9.17, 15) is 23.5 Å². The number of allylic oxidation sites excluding steroid dienone is 1. The van der Waals surface area contributed by atoms with Gasteiger partial charge in [0.25, 0.3) is 0 Å². The van der Waals surface area contributed by atoms with E-state index >= 15 is 0 Å². The highest BCUT2D eigenvalue weighted by Crippen LogP contribution is 2.58. The molecule has 1 aromatic heterocycles. The molecule has 1 N–H and O–H groups in total. The third kappa shape index (κ3) is 4.51. The summed E-state index contributed by atoms with van der Waals surface area (Å²) in [5.74, 6) is -1.26. The number of benzene rings is 1. The van der Waals surface area contributed by atoms with Gasteiger partial charge >= 0.3 is 5.97 Å². The Labute approximate surface area is 215 Å². The number of hydrogen-bond donors (Lipinski definition) is 1. The zero-order chi connectivity index (χ0) is 26.4. The molecule has 1 aromatic carbocycles. The molecule has 3 fully saturated rings. The lowest BCUT2D eigenvalue weighted by atomic mass is 9.53. The predicted molar refractivity (Wildman–Crippen MR) is 138 cm³/mol. The molecule has 4 aliphatic rings. The number of aliphatic imine (C=N–C) groups is 1. The Hall–Kier alpha value is -3.29. The molecule has 0 saturated heterocycles. The minimum Gasteiger partial charge on any atom is -0.481 e. The maximum atomic E-state index is 13.9. The normalized spacial score (nSPS) is 24.9. The Morgan fingerprint density at radius 1 is 1.11 bits per heavy atom. The van der Waals surface area contributed by atoms with Gasteiger partial charge in [0.2, 0.25) is 5.91 Å². The van der Waals surface area contributed by atoms with Crippen molar-refractivity contribution in [1.82, 2.24) is 9.47 Å². The second kappa shape index (κ2) is 9.54. The van der Waals surface area contributed by atoms with Crippen LogP contribution in [0, 0.1) is 22.5 Å². The maximum Gasteiger partial charge on any atom is 0.309 e. The Balaban J connectivity index is 1.41. The number of carbonyl (C=O) groups excluding carboxylic acids is 1. The Morgan fingerprint density at radius 3 is 2.32 bits per heavy atom. The fourth-order valence-electron chi connectivity index (χ4n) is 6.76. The van der Waals surface area contributed by atoms with Crippen LogP contribution in [-0.2, 0) is 29.1 Å². The van der Waals surface area contributed by atoms with E-state index in [1.807, 2.05) is 28.5 Å². The molecule has 0 atom stereocenters. The van der Waals surface area contributed by atoms with Gasteiger partial charge in [-0.15, -0.1) is 0 Å². The molecule has 0 radical (unpaired) electrons. The summed E-state index contributed by atoms with van der Waals surface area (Å²) >= 11 is 0. The van der Waals surface area contributed by atoms with Crippen molar-refractivity contribution in [3.63, 3.8) is 0 Å². The zero-order valence-electron chi connectivity index (χ0n) is 21.2. The number of halogens is 2. The van der Waals surface area contributed by atoms with E-state index in [0.717, 1.165) is 42.1 Å². The van der Waals surface area contributed by atoms with Crippen LogP contribution < -0.4 is 0 Å². The van der Waals surface area contributed by atoms with Crippen LogP contribution in [0.15, 0.2) is 29.3 Å². The predicted octanol–water partition coefficient (Wildman–Crippen LogP) is 5.88. The second-order valence-electron chi connectivity index (χ2n) is 11.0. The van der Waals surface area contributed by atoms with Crippen molar-refractivity contribution in [2.24, 2.45) is 15.8 Å². The highest BCUT2D eigenvalue weighted by molar-refractivity contribution is 5.79. The van der Waals surface area contributed by atoms with Crippen molar-refractivity contribution in [3.05, 3.63) is 58.3 Å². The fraction of sp³-hybridized carbons (Fsp3) is 0.483. The van der Waals surface area contributed by atoms with Gasteiger partial charge < -0.3 is 14.6 Å². The van der Waals surface area contributed by atoms with Crippen LogP contribution in [0.3, 0.4) is 0 Å². The number of amides is 1. The number of aliphatic carboxylic acids is 1. The fourth-order valence-corrected chi connectivity index (χ4v) is 6.76. The number of fused-ring (bicyclic) bond motifs is 4. The van der Waals surface area contributed by atoms with E-state index in [0.29, 0.717) is 56.6 Å². The smallest absolute Gasteiger partial charge is 0.309 e. The molecule has 2 heterocycles. The van der Waals surface area contributed by atoms with Gasteiger partial charge in [0.05, 0.1) is 12.0 Å². The third-order valence-corrected chi connectivity index (χ3v) is 8.95. The summed E-state index contributed by atoms with van der Waals surface area (Å²) in [5.41, 5.74) is 2.69. The lowest BCUT2D eigenvalue weighted by Gasteiger charge is -2.51. The second-order valence-corrected chi connectivity index (χ2v) is 11.0. The van der Waals surface area contributed by atoms with Crippen molar-refractivity contribution in [3.8, 4) is 0 Å². The Morgan fingerprint density at radius 2 is 1.76 bits per heavy atom. The average molecular weight is 510 g/mol.